The molecule has 132 valence electrons. The molecule has 0 aliphatic rings. The first-order chi connectivity index (χ1) is 12.0. The van der Waals surface area contributed by atoms with E-state index in [1.807, 2.05) is 44.2 Å². The van der Waals surface area contributed by atoms with Crippen LogP contribution >= 0.6 is 11.8 Å². The molecule has 0 saturated heterocycles. The van der Waals surface area contributed by atoms with Gasteiger partial charge in [-0.15, -0.1) is 11.8 Å². The zero-order chi connectivity index (χ0) is 18.2. The summed E-state index contributed by atoms with van der Waals surface area (Å²) >= 11 is 1.58. The first kappa shape index (κ1) is 19.1. The second-order valence-electron chi connectivity index (χ2n) is 5.63. The molecule has 0 aliphatic carbocycles. The Morgan fingerprint density at radius 3 is 2.52 bits per heavy atom. The Kier molecular flexibility index (Phi) is 7.07. The van der Waals surface area contributed by atoms with E-state index in [9.17, 15) is 9.59 Å². The van der Waals surface area contributed by atoms with Crippen molar-refractivity contribution >= 4 is 29.3 Å². The molecular weight excluding hydrogens is 334 g/mol. The van der Waals surface area contributed by atoms with Crippen LogP contribution in [-0.4, -0.2) is 23.7 Å². The molecule has 25 heavy (non-hydrogen) atoms. The van der Waals surface area contributed by atoms with E-state index in [0.29, 0.717) is 17.9 Å². The Balaban J connectivity index is 2.00. The van der Waals surface area contributed by atoms with Crippen molar-refractivity contribution in [2.75, 3.05) is 11.9 Å². The third-order valence-corrected chi connectivity index (χ3v) is 5.01. The van der Waals surface area contributed by atoms with Crippen LogP contribution in [0, 0.1) is 6.92 Å². The largest absolute Gasteiger partial charge is 0.462 e. The molecule has 0 fully saturated rings. The molecule has 0 spiro atoms. The lowest BCUT2D eigenvalue weighted by molar-refractivity contribution is -0.115. The lowest BCUT2D eigenvalue weighted by atomic mass is 10.1. The predicted octanol–water partition coefficient (Wildman–Crippen LogP) is 4.43. The summed E-state index contributed by atoms with van der Waals surface area (Å²) in [5.74, 6) is 0.324. The molecule has 1 amide bonds. The van der Waals surface area contributed by atoms with Gasteiger partial charge in [-0.05, 0) is 44.0 Å². The summed E-state index contributed by atoms with van der Waals surface area (Å²) in [5, 5.41) is 2.71. The number of carbonyl (C=O) groups excluding carboxylic acids is 2. The summed E-state index contributed by atoms with van der Waals surface area (Å²) in [5.41, 5.74) is 3.02. The zero-order valence-electron chi connectivity index (χ0n) is 14.7. The molecular formula is C20H23NO3S. The van der Waals surface area contributed by atoms with Gasteiger partial charge in [-0.25, -0.2) is 4.79 Å². The molecule has 4 nitrogen and oxygen atoms in total. The highest BCUT2D eigenvalue weighted by atomic mass is 32.2. The van der Waals surface area contributed by atoms with Crippen LogP contribution in [0.5, 0.6) is 0 Å². The summed E-state index contributed by atoms with van der Waals surface area (Å²) in [6, 6.07) is 15.3. The minimum atomic E-state index is -0.373. The number of esters is 1. The van der Waals surface area contributed by atoms with E-state index in [1.54, 1.807) is 36.9 Å². The van der Waals surface area contributed by atoms with Gasteiger partial charge in [0.2, 0.25) is 5.91 Å². The maximum absolute atomic E-state index is 12.4. The van der Waals surface area contributed by atoms with Gasteiger partial charge in [0.25, 0.3) is 0 Å². The summed E-state index contributed by atoms with van der Waals surface area (Å²) in [4.78, 5) is 24.4. The van der Waals surface area contributed by atoms with Crippen molar-refractivity contribution in [3.8, 4) is 0 Å². The molecule has 2 aromatic rings. The molecule has 1 unspecified atom stereocenters. The molecule has 2 rings (SSSR count). The van der Waals surface area contributed by atoms with Crippen LogP contribution in [0.25, 0.3) is 0 Å². The van der Waals surface area contributed by atoms with E-state index in [-0.39, 0.29) is 17.1 Å². The zero-order valence-corrected chi connectivity index (χ0v) is 15.6. The minimum absolute atomic E-state index is 0.0787. The number of hydrogen-bond donors (Lipinski definition) is 1. The van der Waals surface area contributed by atoms with E-state index >= 15 is 0 Å². The predicted molar refractivity (Wildman–Crippen MR) is 103 cm³/mol. The van der Waals surface area contributed by atoms with Gasteiger partial charge in [-0.3, -0.25) is 4.79 Å². The SMILES string of the molecule is CCOC(=O)c1cccc(NC(=O)C(C)SCc2ccccc2)c1C. The van der Waals surface area contributed by atoms with Crippen molar-refractivity contribution in [1.82, 2.24) is 0 Å². The van der Waals surface area contributed by atoms with Crippen LogP contribution in [0.4, 0.5) is 5.69 Å². The highest BCUT2D eigenvalue weighted by Gasteiger charge is 2.17. The maximum atomic E-state index is 12.4. The lowest BCUT2D eigenvalue weighted by Gasteiger charge is -2.15. The first-order valence-electron chi connectivity index (χ1n) is 8.26. The fraction of sp³-hybridized carbons (Fsp3) is 0.300. The quantitative estimate of drug-likeness (QED) is 0.745. The Morgan fingerprint density at radius 1 is 1.12 bits per heavy atom. The second kappa shape index (κ2) is 9.28. The lowest BCUT2D eigenvalue weighted by Crippen LogP contribution is -2.23. The monoisotopic (exact) mass is 357 g/mol. The van der Waals surface area contributed by atoms with Crippen LogP contribution in [0.1, 0.15) is 35.3 Å². The minimum Gasteiger partial charge on any atom is -0.462 e. The molecule has 0 saturated carbocycles. The third kappa shape index (κ3) is 5.36. The Bertz CT molecular complexity index is 731. The van der Waals surface area contributed by atoms with Crippen molar-refractivity contribution in [1.29, 1.82) is 0 Å². The summed E-state index contributed by atoms with van der Waals surface area (Å²) in [6.07, 6.45) is 0. The second-order valence-corrected chi connectivity index (χ2v) is 6.96. The summed E-state index contributed by atoms with van der Waals surface area (Å²) in [6.45, 7) is 5.78. The van der Waals surface area contributed by atoms with E-state index < -0.39 is 0 Å². The van der Waals surface area contributed by atoms with Gasteiger partial charge in [-0.1, -0.05) is 36.4 Å². The standard InChI is InChI=1S/C20H23NO3S/c1-4-24-20(23)17-11-8-12-18(14(17)2)21-19(22)15(3)25-13-16-9-6-5-7-10-16/h5-12,15H,4,13H2,1-3H3,(H,21,22). The van der Waals surface area contributed by atoms with E-state index in [0.717, 1.165) is 11.3 Å². The van der Waals surface area contributed by atoms with E-state index in [2.05, 4.69) is 5.32 Å². The van der Waals surface area contributed by atoms with Crippen molar-refractivity contribution < 1.29 is 14.3 Å². The fourth-order valence-electron chi connectivity index (χ4n) is 2.31. The molecule has 0 radical (unpaired) electrons. The molecule has 5 heteroatoms. The highest BCUT2D eigenvalue weighted by Crippen LogP contribution is 2.23. The average molecular weight is 357 g/mol. The van der Waals surface area contributed by atoms with Gasteiger partial charge >= 0.3 is 5.97 Å². The number of carbonyl (C=O) groups is 2. The molecule has 2 aromatic carbocycles. The molecule has 1 N–H and O–H groups in total. The molecule has 0 aliphatic heterocycles. The van der Waals surface area contributed by atoms with Gasteiger partial charge < -0.3 is 10.1 Å². The average Bonchev–Trinajstić information content (AvgIpc) is 2.62. The smallest absolute Gasteiger partial charge is 0.338 e. The number of rotatable bonds is 7. The topological polar surface area (TPSA) is 55.4 Å². The van der Waals surface area contributed by atoms with E-state index in [4.69, 9.17) is 4.74 Å². The van der Waals surface area contributed by atoms with Crippen LogP contribution in [0.3, 0.4) is 0 Å². The molecule has 0 bridgehead atoms. The van der Waals surface area contributed by atoms with Crippen molar-refractivity contribution in [3.05, 3.63) is 65.2 Å². The third-order valence-electron chi connectivity index (χ3n) is 3.80. The number of ether oxygens (including phenoxy) is 1. The number of hydrogen-bond acceptors (Lipinski definition) is 4. The normalized spacial score (nSPS) is 11.6. The number of anilines is 1. The van der Waals surface area contributed by atoms with Crippen LogP contribution in [0.15, 0.2) is 48.5 Å². The maximum Gasteiger partial charge on any atom is 0.338 e. The number of amides is 1. The summed E-state index contributed by atoms with van der Waals surface area (Å²) in [7, 11) is 0. The Hall–Kier alpha value is -2.27. The molecule has 0 aromatic heterocycles. The fourth-order valence-corrected chi connectivity index (χ4v) is 3.15. The van der Waals surface area contributed by atoms with Gasteiger partial charge in [0, 0.05) is 11.4 Å². The Labute approximate surface area is 153 Å². The van der Waals surface area contributed by atoms with Crippen molar-refractivity contribution in [2.45, 2.75) is 31.8 Å². The molecule has 0 heterocycles. The number of benzene rings is 2. The highest BCUT2D eigenvalue weighted by molar-refractivity contribution is 7.99. The number of thioether (sulfide) groups is 1. The van der Waals surface area contributed by atoms with Gasteiger partial charge in [0.1, 0.15) is 0 Å². The molecule has 1 atom stereocenters. The number of nitrogens with one attached hydrogen (secondary N) is 1. The van der Waals surface area contributed by atoms with Gasteiger partial charge in [-0.2, -0.15) is 0 Å². The van der Waals surface area contributed by atoms with Crippen molar-refractivity contribution in [3.63, 3.8) is 0 Å². The van der Waals surface area contributed by atoms with Crippen LogP contribution in [0.2, 0.25) is 0 Å². The van der Waals surface area contributed by atoms with Crippen molar-refractivity contribution in [2.24, 2.45) is 0 Å². The van der Waals surface area contributed by atoms with Gasteiger partial charge in [0.05, 0.1) is 17.4 Å². The Morgan fingerprint density at radius 2 is 1.84 bits per heavy atom. The van der Waals surface area contributed by atoms with Crippen LogP contribution in [-0.2, 0) is 15.3 Å². The summed E-state index contributed by atoms with van der Waals surface area (Å²) < 4.78 is 5.05. The van der Waals surface area contributed by atoms with Gasteiger partial charge in [0.15, 0.2) is 0 Å². The van der Waals surface area contributed by atoms with Crippen LogP contribution < -0.4 is 5.32 Å². The van der Waals surface area contributed by atoms with E-state index in [1.165, 1.54) is 5.56 Å². The first-order valence-corrected chi connectivity index (χ1v) is 9.31.